The molecule has 0 saturated carbocycles. The lowest BCUT2D eigenvalue weighted by Gasteiger charge is -2.11. The fraction of sp³-hybridized carbons (Fsp3) is 0.105. The van der Waals surface area contributed by atoms with Crippen molar-refractivity contribution in [1.82, 2.24) is 0 Å². The van der Waals surface area contributed by atoms with Crippen molar-refractivity contribution in [3.05, 3.63) is 64.9 Å². The van der Waals surface area contributed by atoms with E-state index in [1.54, 1.807) is 42.5 Å². The number of halogens is 1. The molecule has 0 unspecified atom stereocenters. The molecule has 0 radical (unpaired) electrons. The van der Waals surface area contributed by atoms with Crippen molar-refractivity contribution in [1.29, 1.82) is 0 Å². The standard InChI is InChI=1S/C19H17ClN4O3/c1-11(25)17-18(23-24(19(17)27)14-6-4-3-5-7-14)22-16-10-13(21-12(2)26)8-9-15(16)20/h3-10,25H,1-2H3,(H,21,26)(H,22,23)/b17-11+. The first-order valence-electron chi connectivity index (χ1n) is 8.09. The number of allylic oxidation sites excluding steroid dienone is 1. The highest BCUT2D eigenvalue weighted by molar-refractivity contribution is 6.37. The van der Waals surface area contributed by atoms with Crippen LogP contribution in [0.25, 0.3) is 0 Å². The second kappa shape index (κ2) is 7.51. The van der Waals surface area contributed by atoms with Crippen LogP contribution in [0.5, 0.6) is 0 Å². The average molecular weight is 385 g/mol. The number of rotatable bonds is 3. The van der Waals surface area contributed by atoms with Gasteiger partial charge in [0.1, 0.15) is 11.3 Å². The second-order valence-corrected chi connectivity index (χ2v) is 6.27. The summed E-state index contributed by atoms with van der Waals surface area (Å²) in [5.74, 6) is -0.693. The molecule has 3 N–H and O–H groups in total. The minimum absolute atomic E-state index is 0.0415. The highest BCUT2D eigenvalue weighted by Crippen LogP contribution is 2.29. The van der Waals surface area contributed by atoms with Gasteiger partial charge in [0, 0.05) is 12.6 Å². The molecule has 0 saturated heterocycles. The normalized spacial score (nSPS) is 15.4. The van der Waals surface area contributed by atoms with Crippen LogP contribution in [0.4, 0.5) is 17.1 Å². The van der Waals surface area contributed by atoms with Crippen molar-refractivity contribution in [2.75, 3.05) is 15.6 Å². The largest absolute Gasteiger partial charge is 0.512 e. The molecule has 1 heterocycles. The van der Waals surface area contributed by atoms with E-state index < -0.39 is 5.91 Å². The molecule has 1 aliphatic heterocycles. The molecule has 0 fully saturated rings. The number of aliphatic hydroxyl groups excluding tert-OH is 1. The number of amidine groups is 1. The molecule has 0 aliphatic carbocycles. The molecular weight excluding hydrogens is 368 g/mol. The molecule has 2 amide bonds. The first-order valence-corrected chi connectivity index (χ1v) is 8.47. The van der Waals surface area contributed by atoms with E-state index in [0.717, 1.165) is 0 Å². The minimum atomic E-state index is -0.460. The maximum atomic E-state index is 12.7. The van der Waals surface area contributed by atoms with Crippen LogP contribution in [0.1, 0.15) is 13.8 Å². The molecule has 2 aromatic carbocycles. The van der Waals surface area contributed by atoms with E-state index >= 15 is 0 Å². The lowest BCUT2D eigenvalue weighted by Crippen LogP contribution is -2.23. The molecule has 2 aromatic rings. The van der Waals surface area contributed by atoms with Crippen molar-refractivity contribution in [3.63, 3.8) is 0 Å². The fourth-order valence-corrected chi connectivity index (χ4v) is 2.75. The first-order chi connectivity index (χ1) is 12.9. The molecule has 0 spiro atoms. The fourth-order valence-electron chi connectivity index (χ4n) is 2.59. The molecule has 27 heavy (non-hydrogen) atoms. The molecule has 7 nitrogen and oxygen atoms in total. The Bertz CT molecular complexity index is 966. The van der Waals surface area contributed by atoms with Gasteiger partial charge in [0.05, 0.1) is 16.4 Å². The van der Waals surface area contributed by atoms with Gasteiger partial charge >= 0.3 is 0 Å². The minimum Gasteiger partial charge on any atom is -0.512 e. The van der Waals surface area contributed by atoms with E-state index in [2.05, 4.69) is 15.7 Å². The Labute approximate surface area is 160 Å². The van der Waals surface area contributed by atoms with Gasteiger partial charge in [0.15, 0.2) is 5.84 Å². The van der Waals surface area contributed by atoms with Gasteiger partial charge in [0.2, 0.25) is 5.91 Å². The van der Waals surface area contributed by atoms with Gasteiger partial charge in [-0.05, 0) is 37.3 Å². The van der Waals surface area contributed by atoms with Crippen LogP contribution in [0.15, 0.2) is 65.0 Å². The van der Waals surface area contributed by atoms with Gasteiger partial charge in [0.25, 0.3) is 5.91 Å². The number of hydrogen-bond donors (Lipinski definition) is 3. The summed E-state index contributed by atoms with van der Waals surface area (Å²) in [7, 11) is 0. The summed E-state index contributed by atoms with van der Waals surface area (Å²) in [6.07, 6.45) is 0. The monoisotopic (exact) mass is 384 g/mol. The molecular formula is C19H17ClN4O3. The summed E-state index contributed by atoms with van der Waals surface area (Å²) in [5, 5.41) is 21.5. The molecule has 0 atom stereocenters. The number of amides is 2. The highest BCUT2D eigenvalue weighted by Gasteiger charge is 2.33. The van der Waals surface area contributed by atoms with Crippen LogP contribution in [0, 0.1) is 0 Å². The Morgan fingerprint density at radius 2 is 1.85 bits per heavy atom. The average Bonchev–Trinajstić information content (AvgIpc) is 2.94. The number of para-hydroxylation sites is 1. The van der Waals surface area contributed by atoms with Crippen LogP contribution in [-0.2, 0) is 9.59 Å². The van der Waals surface area contributed by atoms with E-state index in [1.807, 2.05) is 6.07 Å². The van der Waals surface area contributed by atoms with E-state index in [1.165, 1.54) is 18.9 Å². The van der Waals surface area contributed by atoms with Crippen LogP contribution in [0.2, 0.25) is 5.02 Å². The van der Waals surface area contributed by atoms with Gasteiger partial charge in [-0.3, -0.25) is 9.59 Å². The topological polar surface area (TPSA) is 94.0 Å². The van der Waals surface area contributed by atoms with Gasteiger partial charge in [-0.1, -0.05) is 29.8 Å². The first kappa shape index (κ1) is 18.5. The van der Waals surface area contributed by atoms with Crippen LogP contribution in [-0.4, -0.2) is 22.8 Å². The summed E-state index contributed by atoms with van der Waals surface area (Å²) in [5.41, 5.74) is 1.57. The third kappa shape index (κ3) is 3.93. The van der Waals surface area contributed by atoms with Crippen molar-refractivity contribution >= 4 is 46.3 Å². The third-order valence-electron chi connectivity index (χ3n) is 3.75. The number of nitrogens with zero attached hydrogens (tertiary/aromatic N) is 2. The van der Waals surface area contributed by atoms with Crippen molar-refractivity contribution in [2.45, 2.75) is 13.8 Å². The van der Waals surface area contributed by atoms with E-state index in [-0.39, 0.29) is 23.1 Å². The zero-order valence-corrected chi connectivity index (χ0v) is 15.4. The van der Waals surface area contributed by atoms with Crippen LogP contribution >= 0.6 is 11.6 Å². The van der Waals surface area contributed by atoms with Crippen LogP contribution < -0.4 is 15.6 Å². The van der Waals surface area contributed by atoms with Gasteiger partial charge in [-0.2, -0.15) is 5.01 Å². The molecule has 0 aromatic heterocycles. The third-order valence-corrected chi connectivity index (χ3v) is 4.07. The Balaban J connectivity index is 1.98. The number of nitrogens with one attached hydrogen (secondary N) is 2. The van der Waals surface area contributed by atoms with Crippen LogP contribution in [0.3, 0.4) is 0 Å². The molecule has 1 aliphatic rings. The number of benzene rings is 2. The lowest BCUT2D eigenvalue weighted by atomic mass is 10.2. The van der Waals surface area contributed by atoms with Gasteiger partial charge in [-0.25, -0.2) is 0 Å². The number of carbonyl (C=O) groups excluding carboxylic acids is 2. The lowest BCUT2D eigenvalue weighted by molar-refractivity contribution is -0.115. The number of anilines is 3. The molecule has 8 heteroatoms. The Kier molecular flexibility index (Phi) is 5.14. The number of aliphatic hydroxyl groups is 1. The Morgan fingerprint density at radius 1 is 1.15 bits per heavy atom. The summed E-state index contributed by atoms with van der Waals surface area (Å²) in [6, 6.07) is 13.7. The van der Waals surface area contributed by atoms with E-state index in [0.29, 0.717) is 22.1 Å². The number of hydrazone groups is 1. The zero-order valence-electron chi connectivity index (χ0n) is 14.7. The summed E-state index contributed by atoms with van der Waals surface area (Å²) in [6.45, 7) is 2.81. The summed E-state index contributed by atoms with van der Waals surface area (Å²) >= 11 is 6.22. The molecule has 0 bridgehead atoms. The summed E-state index contributed by atoms with van der Waals surface area (Å²) < 4.78 is 0. The smallest absolute Gasteiger partial charge is 0.286 e. The van der Waals surface area contributed by atoms with Crippen molar-refractivity contribution < 1.29 is 14.7 Å². The van der Waals surface area contributed by atoms with Crippen molar-refractivity contribution in [2.24, 2.45) is 5.10 Å². The van der Waals surface area contributed by atoms with E-state index in [4.69, 9.17) is 11.6 Å². The molecule has 3 rings (SSSR count). The maximum Gasteiger partial charge on any atom is 0.286 e. The van der Waals surface area contributed by atoms with Gasteiger partial charge in [-0.15, -0.1) is 5.10 Å². The SMILES string of the molecule is CC(=O)Nc1ccc(Cl)c(NC2=NN(c3ccccc3)C(=O)/C2=C(\C)O)c1. The predicted molar refractivity (Wildman–Crippen MR) is 106 cm³/mol. The highest BCUT2D eigenvalue weighted by atomic mass is 35.5. The number of carbonyl (C=O) groups is 2. The molecule has 138 valence electrons. The quantitative estimate of drug-likeness (QED) is 0.552. The number of hydrogen-bond acceptors (Lipinski definition) is 5. The maximum absolute atomic E-state index is 12.7. The van der Waals surface area contributed by atoms with E-state index in [9.17, 15) is 14.7 Å². The predicted octanol–water partition coefficient (Wildman–Crippen LogP) is 3.90. The Hall–Kier alpha value is -3.32. The second-order valence-electron chi connectivity index (χ2n) is 5.86. The summed E-state index contributed by atoms with van der Waals surface area (Å²) in [4.78, 5) is 24.0. The van der Waals surface area contributed by atoms with Crippen molar-refractivity contribution in [3.8, 4) is 0 Å². The van der Waals surface area contributed by atoms with Gasteiger partial charge < -0.3 is 15.7 Å². The zero-order chi connectivity index (χ0) is 19.6. The Morgan fingerprint density at radius 3 is 2.48 bits per heavy atom.